The van der Waals surface area contributed by atoms with Crippen LogP contribution >= 0.6 is 0 Å². The van der Waals surface area contributed by atoms with E-state index in [4.69, 9.17) is 0 Å². The molecule has 1 amide bonds. The van der Waals surface area contributed by atoms with E-state index in [2.05, 4.69) is 0 Å². The van der Waals surface area contributed by atoms with Crippen molar-refractivity contribution in [2.75, 3.05) is 5.32 Å². The van der Waals surface area contributed by atoms with Crippen LogP contribution in [0.25, 0.3) is 0 Å². The molecule has 1 aromatic carbocycles. The SMILES string of the molecule is O=C(F)Nc1cccc(C(F)(F)F)c1. The molecule has 0 saturated heterocycles. The van der Waals surface area contributed by atoms with Gasteiger partial charge in [-0.2, -0.15) is 13.2 Å². The number of rotatable bonds is 1. The van der Waals surface area contributed by atoms with Crippen molar-refractivity contribution in [3.8, 4) is 0 Å². The summed E-state index contributed by atoms with van der Waals surface area (Å²) in [4.78, 5) is 9.92. The van der Waals surface area contributed by atoms with E-state index in [-0.39, 0.29) is 5.69 Å². The first-order valence-electron chi connectivity index (χ1n) is 3.53. The molecule has 0 saturated carbocycles. The molecule has 0 aliphatic heterocycles. The number of benzene rings is 1. The van der Waals surface area contributed by atoms with Crippen LogP contribution in [0.4, 0.5) is 28.0 Å². The summed E-state index contributed by atoms with van der Waals surface area (Å²) in [6.45, 7) is 0. The number of amides is 1. The molecular weight excluding hydrogens is 202 g/mol. The molecule has 0 aromatic heterocycles. The van der Waals surface area contributed by atoms with Crippen LogP contribution < -0.4 is 5.32 Å². The van der Waals surface area contributed by atoms with E-state index in [1.807, 2.05) is 0 Å². The van der Waals surface area contributed by atoms with Crippen molar-refractivity contribution in [3.63, 3.8) is 0 Å². The number of nitrogens with one attached hydrogen (secondary N) is 1. The zero-order chi connectivity index (χ0) is 10.8. The van der Waals surface area contributed by atoms with Crippen LogP contribution in [0.15, 0.2) is 24.3 Å². The van der Waals surface area contributed by atoms with Gasteiger partial charge in [-0.1, -0.05) is 6.07 Å². The van der Waals surface area contributed by atoms with Gasteiger partial charge in [-0.3, -0.25) is 5.32 Å². The standard InChI is InChI=1S/C8H5F4NO/c9-7(14)13-6-3-1-2-5(4-6)8(10,11)12/h1-4H,(H,13,14). The molecule has 0 bridgehead atoms. The van der Waals surface area contributed by atoms with Gasteiger partial charge in [0.2, 0.25) is 0 Å². The van der Waals surface area contributed by atoms with Gasteiger partial charge < -0.3 is 0 Å². The zero-order valence-electron chi connectivity index (χ0n) is 6.73. The summed E-state index contributed by atoms with van der Waals surface area (Å²) in [5.74, 6) is 0. The Labute approximate surface area is 76.5 Å². The highest BCUT2D eigenvalue weighted by molar-refractivity contribution is 5.83. The van der Waals surface area contributed by atoms with Crippen LogP contribution in [0.5, 0.6) is 0 Å². The molecule has 0 spiro atoms. The first-order chi connectivity index (χ1) is 6.39. The normalized spacial score (nSPS) is 11.1. The van der Waals surface area contributed by atoms with Crippen molar-refractivity contribution in [1.82, 2.24) is 0 Å². The van der Waals surface area contributed by atoms with Gasteiger partial charge in [-0.05, 0) is 18.2 Å². The average Bonchev–Trinajstić information content (AvgIpc) is 2.01. The molecule has 76 valence electrons. The maximum atomic E-state index is 12.1. The summed E-state index contributed by atoms with van der Waals surface area (Å²) in [5, 5.41) is 1.61. The molecule has 0 unspecified atom stereocenters. The summed E-state index contributed by atoms with van der Waals surface area (Å²) in [6.07, 6.45) is -6.40. The minimum atomic E-state index is -4.50. The Morgan fingerprint density at radius 3 is 2.43 bits per heavy atom. The van der Waals surface area contributed by atoms with Crippen LogP contribution in [0.1, 0.15) is 5.56 Å². The second-order valence-corrected chi connectivity index (χ2v) is 2.48. The van der Waals surface area contributed by atoms with Crippen LogP contribution in [-0.4, -0.2) is 6.16 Å². The van der Waals surface area contributed by atoms with Gasteiger partial charge in [-0.15, -0.1) is 4.39 Å². The molecule has 0 aliphatic rings. The van der Waals surface area contributed by atoms with E-state index in [1.165, 1.54) is 0 Å². The lowest BCUT2D eigenvalue weighted by Gasteiger charge is -2.07. The van der Waals surface area contributed by atoms with Crippen LogP contribution in [-0.2, 0) is 6.18 Å². The van der Waals surface area contributed by atoms with Gasteiger partial charge in [0.05, 0.1) is 5.56 Å². The Balaban J connectivity index is 2.95. The predicted octanol–water partition coefficient (Wildman–Crippen LogP) is 3.21. The molecule has 0 aliphatic carbocycles. The predicted molar refractivity (Wildman–Crippen MR) is 41.6 cm³/mol. The van der Waals surface area contributed by atoms with Crippen molar-refractivity contribution < 1.29 is 22.4 Å². The Bertz CT molecular complexity index is 347. The maximum absolute atomic E-state index is 12.1. The lowest BCUT2D eigenvalue weighted by atomic mass is 10.2. The average molecular weight is 207 g/mol. The Kier molecular flexibility index (Phi) is 2.73. The van der Waals surface area contributed by atoms with Crippen LogP contribution in [0.2, 0.25) is 0 Å². The van der Waals surface area contributed by atoms with Gasteiger partial charge in [0, 0.05) is 5.69 Å². The lowest BCUT2D eigenvalue weighted by molar-refractivity contribution is -0.137. The van der Waals surface area contributed by atoms with Crippen molar-refractivity contribution in [2.24, 2.45) is 0 Å². The largest absolute Gasteiger partial charge is 0.416 e. The van der Waals surface area contributed by atoms with Gasteiger partial charge in [0.1, 0.15) is 0 Å². The molecule has 1 rings (SSSR count). The number of hydrogen-bond acceptors (Lipinski definition) is 1. The summed E-state index contributed by atoms with van der Waals surface area (Å²) in [7, 11) is 0. The Hall–Kier alpha value is -1.59. The molecule has 1 N–H and O–H groups in total. The van der Waals surface area contributed by atoms with Crippen molar-refractivity contribution in [1.29, 1.82) is 0 Å². The number of alkyl halides is 3. The molecule has 0 fully saturated rings. The quantitative estimate of drug-likeness (QED) is 0.427. The summed E-state index contributed by atoms with van der Waals surface area (Å²) in [6, 6.07) is 3.71. The van der Waals surface area contributed by atoms with Crippen molar-refractivity contribution >= 4 is 11.8 Å². The first-order valence-corrected chi connectivity index (χ1v) is 3.53. The number of carbonyl (C=O) groups is 1. The second kappa shape index (κ2) is 3.65. The van der Waals surface area contributed by atoms with E-state index >= 15 is 0 Å². The van der Waals surface area contributed by atoms with Gasteiger partial charge in [0.15, 0.2) is 0 Å². The fraction of sp³-hybridized carbons (Fsp3) is 0.125. The van der Waals surface area contributed by atoms with E-state index in [0.717, 1.165) is 18.2 Å². The fourth-order valence-corrected chi connectivity index (χ4v) is 0.887. The minimum absolute atomic E-state index is 0.229. The number of anilines is 1. The second-order valence-electron chi connectivity index (χ2n) is 2.48. The van der Waals surface area contributed by atoms with Gasteiger partial charge in [-0.25, -0.2) is 4.79 Å². The highest BCUT2D eigenvalue weighted by Gasteiger charge is 2.30. The van der Waals surface area contributed by atoms with Gasteiger partial charge in [0.25, 0.3) is 0 Å². The molecule has 1 aromatic rings. The van der Waals surface area contributed by atoms with Crippen LogP contribution in [0.3, 0.4) is 0 Å². The molecule has 0 atom stereocenters. The molecule has 2 nitrogen and oxygen atoms in total. The third-order valence-electron chi connectivity index (χ3n) is 1.43. The van der Waals surface area contributed by atoms with Crippen molar-refractivity contribution in [2.45, 2.75) is 6.18 Å². The molecule has 0 heterocycles. The van der Waals surface area contributed by atoms with E-state index in [1.54, 1.807) is 5.32 Å². The highest BCUT2D eigenvalue weighted by Crippen LogP contribution is 2.30. The third kappa shape index (κ3) is 2.72. The summed E-state index contributed by atoms with van der Waals surface area (Å²) < 4.78 is 48.1. The van der Waals surface area contributed by atoms with E-state index in [0.29, 0.717) is 6.07 Å². The third-order valence-corrected chi connectivity index (χ3v) is 1.43. The van der Waals surface area contributed by atoms with E-state index in [9.17, 15) is 22.4 Å². The highest BCUT2D eigenvalue weighted by atomic mass is 19.4. The fourth-order valence-electron chi connectivity index (χ4n) is 0.887. The Morgan fingerprint density at radius 1 is 1.29 bits per heavy atom. The number of carbonyl (C=O) groups excluding carboxylic acids is 1. The maximum Gasteiger partial charge on any atom is 0.416 e. The number of halogens is 4. The summed E-state index contributed by atoms with van der Waals surface area (Å²) in [5.41, 5.74) is -1.17. The number of hydrogen-bond donors (Lipinski definition) is 1. The minimum Gasteiger partial charge on any atom is -0.298 e. The van der Waals surface area contributed by atoms with Crippen molar-refractivity contribution in [3.05, 3.63) is 29.8 Å². The zero-order valence-corrected chi connectivity index (χ0v) is 6.73. The Morgan fingerprint density at radius 2 is 1.93 bits per heavy atom. The van der Waals surface area contributed by atoms with Crippen LogP contribution in [0, 0.1) is 0 Å². The first kappa shape index (κ1) is 10.5. The van der Waals surface area contributed by atoms with Gasteiger partial charge >= 0.3 is 12.3 Å². The molecule has 14 heavy (non-hydrogen) atoms. The molecule has 6 heteroatoms. The monoisotopic (exact) mass is 207 g/mol. The molecule has 0 radical (unpaired) electrons. The van der Waals surface area contributed by atoms with E-state index < -0.39 is 17.9 Å². The lowest BCUT2D eigenvalue weighted by Crippen LogP contribution is -2.07. The topological polar surface area (TPSA) is 29.1 Å². The molecular formula is C8H5F4NO. The smallest absolute Gasteiger partial charge is 0.298 e. The summed E-state index contributed by atoms with van der Waals surface area (Å²) >= 11 is 0.